The summed E-state index contributed by atoms with van der Waals surface area (Å²) in [6.07, 6.45) is 0.0881. The van der Waals surface area contributed by atoms with Crippen molar-refractivity contribution in [1.82, 2.24) is 10.2 Å². The van der Waals surface area contributed by atoms with Gasteiger partial charge in [0, 0.05) is 13.6 Å². The molecular weight excluding hydrogens is 216 g/mol. The van der Waals surface area contributed by atoms with Crippen LogP contribution in [0.25, 0.3) is 0 Å². The molecule has 16 heavy (non-hydrogen) atoms. The van der Waals surface area contributed by atoms with Crippen molar-refractivity contribution < 1.29 is 24.2 Å². The van der Waals surface area contributed by atoms with Crippen molar-refractivity contribution in [2.45, 2.75) is 13.3 Å². The molecule has 0 aliphatic rings. The SMILES string of the molecule is CCOC(=O)CCN(C)C(=O)NCC(=O)O. The standard InChI is InChI=1S/C9H16N2O5/c1-3-16-8(14)4-5-11(2)9(15)10-6-7(12)13/h3-6H2,1-2H3,(H,10,15)(H,12,13). The summed E-state index contributed by atoms with van der Waals surface area (Å²) in [5.41, 5.74) is 0. The lowest BCUT2D eigenvalue weighted by Gasteiger charge is -2.16. The number of rotatable bonds is 6. The van der Waals surface area contributed by atoms with Crippen LogP contribution in [0.5, 0.6) is 0 Å². The summed E-state index contributed by atoms with van der Waals surface area (Å²) in [4.78, 5) is 33.6. The van der Waals surface area contributed by atoms with E-state index < -0.39 is 18.5 Å². The van der Waals surface area contributed by atoms with Gasteiger partial charge in [0.05, 0.1) is 13.0 Å². The molecule has 0 bridgehead atoms. The number of carbonyl (C=O) groups is 3. The largest absolute Gasteiger partial charge is 0.480 e. The highest BCUT2D eigenvalue weighted by Gasteiger charge is 2.11. The number of nitrogens with one attached hydrogen (secondary N) is 1. The Morgan fingerprint density at radius 1 is 1.38 bits per heavy atom. The van der Waals surface area contributed by atoms with Gasteiger partial charge in [0.15, 0.2) is 0 Å². The number of urea groups is 1. The molecule has 0 aromatic carbocycles. The van der Waals surface area contributed by atoms with Crippen LogP contribution in [0.4, 0.5) is 4.79 Å². The van der Waals surface area contributed by atoms with E-state index in [4.69, 9.17) is 5.11 Å². The number of hydrogen-bond donors (Lipinski definition) is 2. The lowest BCUT2D eigenvalue weighted by molar-refractivity contribution is -0.143. The zero-order chi connectivity index (χ0) is 12.6. The van der Waals surface area contributed by atoms with Crippen molar-refractivity contribution >= 4 is 18.0 Å². The molecule has 0 aliphatic heterocycles. The Labute approximate surface area is 93.4 Å². The van der Waals surface area contributed by atoms with Gasteiger partial charge in [-0.3, -0.25) is 9.59 Å². The fourth-order valence-corrected chi connectivity index (χ4v) is 0.880. The molecule has 0 rings (SSSR count). The van der Waals surface area contributed by atoms with Gasteiger partial charge < -0.3 is 20.1 Å². The molecule has 0 fully saturated rings. The van der Waals surface area contributed by atoms with Crippen LogP contribution in [0.15, 0.2) is 0 Å². The first-order valence-corrected chi connectivity index (χ1v) is 4.83. The number of nitrogens with zero attached hydrogens (tertiary/aromatic N) is 1. The molecule has 0 aromatic rings. The highest BCUT2D eigenvalue weighted by Crippen LogP contribution is 1.91. The fourth-order valence-electron chi connectivity index (χ4n) is 0.880. The summed E-state index contributed by atoms with van der Waals surface area (Å²) >= 11 is 0. The Morgan fingerprint density at radius 3 is 2.50 bits per heavy atom. The van der Waals surface area contributed by atoms with Gasteiger partial charge in [-0.15, -0.1) is 0 Å². The Hall–Kier alpha value is -1.79. The first-order chi connectivity index (χ1) is 7.47. The molecule has 0 unspecified atom stereocenters. The van der Waals surface area contributed by atoms with E-state index in [1.807, 2.05) is 0 Å². The highest BCUT2D eigenvalue weighted by atomic mass is 16.5. The van der Waals surface area contributed by atoms with Crippen LogP contribution in [0, 0.1) is 0 Å². The third-order valence-corrected chi connectivity index (χ3v) is 1.69. The molecule has 0 aliphatic carbocycles. The number of carboxylic acid groups (broad SMARTS) is 1. The van der Waals surface area contributed by atoms with Crippen LogP contribution in [0.3, 0.4) is 0 Å². The van der Waals surface area contributed by atoms with E-state index in [1.54, 1.807) is 6.92 Å². The molecule has 0 atom stereocenters. The number of ether oxygens (including phenoxy) is 1. The minimum absolute atomic E-state index is 0.0881. The first kappa shape index (κ1) is 14.2. The number of esters is 1. The molecule has 7 heteroatoms. The van der Waals surface area contributed by atoms with Crippen LogP contribution < -0.4 is 5.32 Å². The van der Waals surface area contributed by atoms with Crippen LogP contribution in [-0.4, -0.2) is 54.7 Å². The Morgan fingerprint density at radius 2 is 2.00 bits per heavy atom. The molecular formula is C9H16N2O5. The lowest BCUT2D eigenvalue weighted by atomic mass is 10.4. The minimum atomic E-state index is -1.12. The van der Waals surface area contributed by atoms with Gasteiger partial charge in [-0.2, -0.15) is 0 Å². The van der Waals surface area contributed by atoms with E-state index in [0.29, 0.717) is 6.61 Å². The average Bonchev–Trinajstić information content (AvgIpc) is 2.22. The van der Waals surface area contributed by atoms with E-state index in [0.717, 1.165) is 0 Å². The van der Waals surface area contributed by atoms with Crippen molar-refractivity contribution in [2.75, 3.05) is 26.7 Å². The van der Waals surface area contributed by atoms with Crippen LogP contribution >= 0.6 is 0 Å². The molecule has 0 aromatic heterocycles. The maximum absolute atomic E-state index is 11.2. The fraction of sp³-hybridized carbons (Fsp3) is 0.667. The minimum Gasteiger partial charge on any atom is -0.480 e. The summed E-state index contributed by atoms with van der Waals surface area (Å²) in [5, 5.41) is 10.5. The number of amides is 2. The van der Waals surface area contributed by atoms with Gasteiger partial charge in [0.2, 0.25) is 0 Å². The quantitative estimate of drug-likeness (QED) is 0.611. The van der Waals surface area contributed by atoms with Gasteiger partial charge in [-0.05, 0) is 6.92 Å². The average molecular weight is 232 g/mol. The smallest absolute Gasteiger partial charge is 0.323 e. The zero-order valence-electron chi connectivity index (χ0n) is 9.36. The van der Waals surface area contributed by atoms with Gasteiger partial charge in [-0.1, -0.05) is 0 Å². The van der Waals surface area contributed by atoms with Gasteiger partial charge >= 0.3 is 18.0 Å². The number of carbonyl (C=O) groups excluding carboxylic acids is 2. The van der Waals surface area contributed by atoms with Crippen LogP contribution in [0.2, 0.25) is 0 Å². The van der Waals surface area contributed by atoms with E-state index in [9.17, 15) is 14.4 Å². The molecule has 0 radical (unpaired) electrons. The summed E-state index contributed by atoms with van der Waals surface area (Å²) < 4.78 is 4.68. The molecule has 0 spiro atoms. The van der Waals surface area contributed by atoms with E-state index in [-0.39, 0.29) is 18.9 Å². The maximum Gasteiger partial charge on any atom is 0.323 e. The second kappa shape index (κ2) is 7.49. The lowest BCUT2D eigenvalue weighted by Crippen LogP contribution is -2.40. The van der Waals surface area contributed by atoms with Crippen molar-refractivity contribution in [3.8, 4) is 0 Å². The summed E-state index contributed by atoms with van der Waals surface area (Å²) in [5.74, 6) is -1.51. The summed E-state index contributed by atoms with van der Waals surface area (Å²) in [6.45, 7) is 1.74. The van der Waals surface area contributed by atoms with Gasteiger partial charge in [-0.25, -0.2) is 4.79 Å². The van der Waals surface area contributed by atoms with Crippen LogP contribution in [0.1, 0.15) is 13.3 Å². The molecule has 2 N–H and O–H groups in total. The number of carboxylic acids is 1. The summed E-state index contributed by atoms with van der Waals surface area (Å²) in [6, 6.07) is -0.535. The Kier molecular flexibility index (Phi) is 6.66. The van der Waals surface area contributed by atoms with Gasteiger partial charge in [0.25, 0.3) is 0 Å². The number of hydrogen-bond acceptors (Lipinski definition) is 4. The number of aliphatic carboxylic acids is 1. The normalized spacial score (nSPS) is 9.38. The third kappa shape index (κ3) is 6.63. The van der Waals surface area contributed by atoms with Crippen molar-refractivity contribution in [1.29, 1.82) is 0 Å². The van der Waals surface area contributed by atoms with E-state index in [1.165, 1.54) is 11.9 Å². The molecule has 7 nitrogen and oxygen atoms in total. The first-order valence-electron chi connectivity index (χ1n) is 4.83. The van der Waals surface area contributed by atoms with E-state index in [2.05, 4.69) is 10.1 Å². The Balaban J connectivity index is 3.78. The molecule has 0 saturated carbocycles. The maximum atomic E-state index is 11.2. The van der Waals surface area contributed by atoms with E-state index >= 15 is 0 Å². The monoisotopic (exact) mass is 232 g/mol. The Bertz CT molecular complexity index is 267. The molecule has 92 valence electrons. The van der Waals surface area contributed by atoms with Crippen molar-refractivity contribution in [2.24, 2.45) is 0 Å². The van der Waals surface area contributed by atoms with Gasteiger partial charge in [0.1, 0.15) is 6.54 Å². The van der Waals surface area contributed by atoms with Crippen LogP contribution in [-0.2, 0) is 14.3 Å². The highest BCUT2D eigenvalue weighted by molar-refractivity contribution is 5.80. The molecule has 0 saturated heterocycles. The second-order valence-electron chi connectivity index (χ2n) is 3.03. The molecule has 0 heterocycles. The molecule has 2 amide bonds. The van der Waals surface area contributed by atoms with Crippen molar-refractivity contribution in [3.63, 3.8) is 0 Å². The second-order valence-corrected chi connectivity index (χ2v) is 3.03. The third-order valence-electron chi connectivity index (χ3n) is 1.69. The predicted molar refractivity (Wildman–Crippen MR) is 54.9 cm³/mol. The summed E-state index contributed by atoms with van der Waals surface area (Å²) in [7, 11) is 1.47. The topological polar surface area (TPSA) is 95.9 Å². The van der Waals surface area contributed by atoms with Crippen molar-refractivity contribution in [3.05, 3.63) is 0 Å². The predicted octanol–water partition coefficient (Wildman–Crippen LogP) is -0.334. The zero-order valence-corrected chi connectivity index (χ0v) is 9.36.